The van der Waals surface area contributed by atoms with Gasteiger partial charge in [-0.3, -0.25) is 0 Å². The molecule has 0 spiro atoms. The monoisotopic (exact) mass is 309 g/mol. The molecular weight excluding hydrogens is 286 g/mol. The third-order valence-corrected chi connectivity index (χ3v) is 5.23. The third-order valence-electron chi connectivity index (χ3n) is 4.11. The Morgan fingerprint density at radius 3 is 2.48 bits per heavy atom. The van der Waals surface area contributed by atoms with Gasteiger partial charge in [0.15, 0.2) is 9.84 Å². The maximum Gasteiger partial charge on any atom is 0.201 e. The van der Waals surface area contributed by atoms with Crippen molar-refractivity contribution in [3.8, 4) is 0 Å². The molecule has 0 bridgehead atoms. The molecule has 0 aliphatic heterocycles. The van der Waals surface area contributed by atoms with E-state index in [1.165, 1.54) is 6.26 Å². The Morgan fingerprint density at radius 2 is 1.95 bits per heavy atom. The average molecular weight is 309 g/mol. The number of fused-ring (bicyclic) bond motifs is 1. The Kier molecular flexibility index (Phi) is 3.78. The number of rotatable bonds is 3. The number of hydrogen-bond donors (Lipinski definition) is 1. The average Bonchev–Trinajstić information content (AvgIpc) is 2.63. The summed E-state index contributed by atoms with van der Waals surface area (Å²) in [6.45, 7) is 9.39. The normalized spacial score (nSPS) is 14.5. The van der Waals surface area contributed by atoms with Gasteiger partial charge < -0.3 is 10.3 Å². The molecule has 116 valence electrons. The second-order valence-corrected chi connectivity index (χ2v) is 8.73. The highest BCUT2D eigenvalue weighted by Crippen LogP contribution is 2.30. The maximum atomic E-state index is 11.9. The van der Waals surface area contributed by atoms with Crippen molar-refractivity contribution in [3.05, 3.63) is 18.2 Å². The molecule has 0 saturated carbocycles. The zero-order valence-electron chi connectivity index (χ0n) is 13.2. The quantitative estimate of drug-likeness (QED) is 0.945. The molecule has 5 nitrogen and oxygen atoms in total. The molecule has 1 atom stereocenters. The van der Waals surface area contributed by atoms with E-state index in [9.17, 15) is 8.42 Å². The summed E-state index contributed by atoms with van der Waals surface area (Å²) in [5, 5.41) is 0. The van der Waals surface area contributed by atoms with E-state index in [1.54, 1.807) is 12.1 Å². The van der Waals surface area contributed by atoms with Crippen LogP contribution in [-0.4, -0.2) is 24.2 Å². The van der Waals surface area contributed by atoms with E-state index >= 15 is 0 Å². The van der Waals surface area contributed by atoms with Crippen molar-refractivity contribution < 1.29 is 8.42 Å². The van der Waals surface area contributed by atoms with Gasteiger partial charge in [-0.15, -0.1) is 0 Å². The van der Waals surface area contributed by atoms with Crippen LogP contribution in [0.5, 0.6) is 0 Å². The lowest BCUT2D eigenvalue weighted by atomic mass is 9.82. The van der Waals surface area contributed by atoms with E-state index in [1.807, 2.05) is 10.6 Å². The van der Waals surface area contributed by atoms with Crippen LogP contribution in [0.4, 0.5) is 5.95 Å². The zero-order valence-corrected chi connectivity index (χ0v) is 14.0. The van der Waals surface area contributed by atoms with Gasteiger partial charge >= 0.3 is 0 Å². The highest BCUT2D eigenvalue weighted by Gasteiger charge is 2.23. The van der Waals surface area contributed by atoms with Gasteiger partial charge in [-0.1, -0.05) is 33.8 Å². The first-order chi connectivity index (χ1) is 9.51. The second-order valence-electron chi connectivity index (χ2n) is 6.74. The van der Waals surface area contributed by atoms with E-state index in [0.717, 1.165) is 5.52 Å². The number of nitrogen functional groups attached to an aromatic ring is 1. The van der Waals surface area contributed by atoms with Crippen LogP contribution in [-0.2, 0) is 16.4 Å². The number of para-hydroxylation sites is 1. The predicted octanol–water partition coefficient (Wildman–Crippen LogP) is 2.70. The fourth-order valence-electron chi connectivity index (χ4n) is 2.18. The standard InChI is InChI=1S/C15H23N3O2S/c1-10(15(2,3)4)9-18-11-7-6-8-12(21(5,19)20)13(11)17-14(18)16/h6-8,10H,9H2,1-5H3,(H2,16,17). The minimum Gasteiger partial charge on any atom is -0.369 e. The summed E-state index contributed by atoms with van der Waals surface area (Å²) >= 11 is 0. The lowest BCUT2D eigenvalue weighted by molar-refractivity contribution is 0.236. The summed E-state index contributed by atoms with van der Waals surface area (Å²) in [6, 6.07) is 5.17. The van der Waals surface area contributed by atoms with Crippen molar-refractivity contribution in [2.45, 2.75) is 39.1 Å². The summed E-state index contributed by atoms with van der Waals surface area (Å²) in [4.78, 5) is 4.51. The number of nitrogens with zero attached hydrogens (tertiary/aromatic N) is 2. The Labute approximate surface area is 126 Å². The van der Waals surface area contributed by atoms with Gasteiger partial charge in [0.2, 0.25) is 5.95 Å². The predicted molar refractivity (Wildman–Crippen MR) is 85.9 cm³/mol. The summed E-state index contributed by atoms with van der Waals surface area (Å²) in [5.41, 5.74) is 7.38. The molecular formula is C15H23N3O2S. The van der Waals surface area contributed by atoms with E-state index in [2.05, 4.69) is 32.7 Å². The van der Waals surface area contributed by atoms with Crippen molar-refractivity contribution in [1.29, 1.82) is 0 Å². The molecule has 2 aromatic rings. The van der Waals surface area contributed by atoms with Gasteiger partial charge in [0.25, 0.3) is 0 Å². The van der Waals surface area contributed by atoms with Gasteiger partial charge in [0.1, 0.15) is 5.52 Å². The van der Waals surface area contributed by atoms with Crippen LogP contribution in [0.3, 0.4) is 0 Å². The van der Waals surface area contributed by atoms with Crippen molar-refractivity contribution in [2.24, 2.45) is 11.3 Å². The number of nitrogens with two attached hydrogens (primary N) is 1. The summed E-state index contributed by atoms with van der Waals surface area (Å²) < 4.78 is 25.6. The Morgan fingerprint density at radius 1 is 1.33 bits per heavy atom. The molecule has 0 aliphatic rings. The number of hydrogen-bond acceptors (Lipinski definition) is 4. The van der Waals surface area contributed by atoms with Crippen LogP contribution in [0.2, 0.25) is 0 Å². The lowest BCUT2D eigenvalue weighted by Crippen LogP contribution is -2.23. The fourth-order valence-corrected chi connectivity index (χ4v) is 3.01. The molecule has 0 saturated heterocycles. The highest BCUT2D eigenvalue weighted by molar-refractivity contribution is 7.91. The third kappa shape index (κ3) is 3.05. The van der Waals surface area contributed by atoms with Crippen LogP contribution in [0.25, 0.3) is 11.0 Å². The van der Waals surface area contributed by atoms with Crippen LogP contribution in [0.15, 0.2) is 23.1 Å². The van der Waals surface area contributed by atoms with Gasteiger partial charge in [0, 0.05) is 12.8 Å². The van der Waals surface area contributed by atoms with Crippen LogP contribution >= 0.6 is 0 Å². The maximum absolute atomic E-state index is 11.9. The molecule has 1 aromatic heterocycles. The molecule has 0 aliphatic carbocycles. The number of benzene rings is 1. The van der Waals surface area contributed by atoms with Gasteiger partial charge in [-0.25, -0.2) is 13.4 Å². The molecule has 21 heavy (non-hydrogen) atoms. The number of imidazole rings is 1. The summed E-state index contributed by atoms with van der Waals surface area (Å²) in [6.07, 6.45) is 1.19. The fraction of sp³-hybridized carbons (Fsp3) is 0.533. The highest BCUT2D eigenvalue weighted by atomic mass is 32.2. The van der Waals surface area contributed by atoms with Crippen molar-refractivity contribution in [3.63, 3.8) is 0 Å². The van der Waals surface area contributed by atoms with Crippen LogP contribution < -0.4 is 5.73 Å². The summed E-state index contributed by atoms with van der Waals surface area (Å²) in [5.74, 6) is 0.733. The largest absolute Gasteiger partial charge is 0.369 e. The molecule has 6 heteroatoms. The lowest BCUT2D eigenvalue weighted by Gasteiger charge is -2.28. The molecule has 1 aromatic carbocycles. The minimum atomic E-state index is -3.32. The molecule has 0 amide bonds. The first-order valence-electron chi connectivity index (χ1n) is 6.96. The van der Waals surface area contributed by atoms with E-state index in [0.29, 0.717) is 23.9 Å². The first kappa shape index (κ1) is 15.8. The summed E-state index contributed by atoms with van der Waals surface area (Å²) in [7, 11) is -3.32. The van der Waals surface area contributed by atoms with Crippen LogP contribution in [0, 0.1) is 11.3 Å². The van der Waals surface area contributed by atoms with Crippen molar-refractivity contribution in [1.82, 2.24) is 9.55 Å². The van der Waals surface area contributed by atoms with Crippen LogP contribution in [0.1, 0.15) is 27.7 Å². The number of sulfone groups is 1. The molecule has 0 radical (unpaired) electrons. The number of aromatic nitrogens is 2. The number of anilines is 1. The molecule has 1 unspecified atom stereocenters. The van der Waals surface area contributed by atoms with Crippen molar-refractivity contribution in [2.75, 3.05) is 12.0 Å². The Hall–Kier alpha value is -1.56. The Bertz CT molecular complexity index is 770. The minimum absolute atomic E-state index is 0.136. The molecule has 0 fully saturated rings. The smallest absolute Gasteiger partial charge is 0.201 e. The van der Waals surface area contributed by atoms with E-state index in [-0.39, 0.29) is 10.3 Å². The molecule has 2 N–H and O–H groups in total. The van der Waals surface area contributed by atoms with Gasteiger partial charge in [-0.2, -0.15) is 0 Å². The zero-order chi connectivity index (χ0) is 16.0. The molecule has 2 rings (SSSR count). The SMILES string of the molecule is CC(Cn1c(N)nc2c(S(C)(=O)=O)cccc21)C(C)(C)C. The van der Waals surface area contributed by atoms with E-state index < -0.39 is 9.84 Å². The topological polar surface area (TPSA) is 78.0 Å². The molecule has 1 heterocycles. The van der Waals surface area contributed by atoms with Crippen molar-refractivity contribution >= 4 is 26.8 Å². The Balaban J connectivity index is 2.60. The first-order valence-corrected chi connectivity index (χ1v) is 8.85. The van der Waals surface area contributed by atoms with Gasteiger partial charge in [-0.05, 0) is 23.5 Å². The van der Waals surface area contributed by atoms with E-state index in [4.69, 9.17) is 5.73 Å². The van der Waals surface area contributed by atoms with Gasteiger partial charge in [0.05, 0.1) is 10.4 Å². The second kappa shape index (κ2) is 5.02.